The summed E-state index contributed by atoms with van der Waals surface area (Å²) >= 11 is 0. The van der Waals surface area contributed by atoms with Crippen molar-refractivity contribution >= 4 is 0 Å². The van der Waals surface area contributed by atoms with Crippen molar-refractivity contribution in [1.82, 2.24) is 6.15 Å². The number of rotatable bonds is 0. The maximum absolute atomic E-state index is 3.00. The van der Waals surface area contributed by atoms with Crippen LogP contribution < -0.4 is 23.5 Å². The molecule has 0 aliphatic heterocycles. The molecule has 0 radical (unpaired) electrons. The van der Waals surface area contributed by atoms with E-state index in [1.54, 1.807) is 0 Å². The number of nitrogens with one attached hydrogen (secondary N) is 1. The first-order valence-electron chi connectivity index (χ1n) is 2.00. The van der Waals surface area contributed by atoms with Crippen LogP contribution >= 0.6 is 0 Å². The lowest BCUT2D eigenvalue weighted by Crippen LogP contribution is -3.02. The van der Waals surface area contributed by atoms with E-state index in [4.69, 9.17) is 0 Å². The minimum atomic E-state index is 0. The molecule has 0 saturated carbocycles. The van der Waals surface area contributed by atoms with Gasteiger partial charge in [-0.15, -0.1) is 13.2 Å². The largest absolute Gasteiger partial charge is 1.00 e. The smallest absolute Gasteiger partial charge is 0.0661 e. The first-order valence-corrected chi connectivity index (χ1v) is 2.00. The molecule has 0 heterocycles. The van der Waals surface area contributed by atoms with E-state index in [0.717, 1.165) is 0 Å². The molecule has 0 aromatic rings. The van der Waals surface area contributed by atoms with E-state index >= 15 is 0 Å². The molecule has 0 rings (SSSR count). The molecule has 0 saturated heterocycles. The Hall–Kier alpha value is -0.0500. The van der Waals surface area contributed by atoms with E-state index in [9.17, 15) is 0 Å². The SMILES string of the molecule is C=C.C[NH+](C)C.N.[Cl-]. The van der Waals surface area contributed by atoms with Crippen molar-refractivity contribution < 1.29 is 17.3 Å². The third-order valence-electron chi connectivity index (χ3n) is 0. The molecular formula is C5H17ClN2. The normalized spacial score (nSPS) is 5.00. The van der Waals surface area contributed by atoms with E-state index < -0.39 is 0 Å². The van der Waals surface area contributed by atoms with Gasteiger partial charge in [0.15, 0.2) is 0 Å². The molecule has 0 aliphatic rings. The molecule has 2 nitrogen and oxygen atoms in total. The topological polar surface area (TPSA) is 39.4 Å². The van der Waals surface area contributed by atoms with Crippen LogP contribution in [0.15, 0.2) is 13.2 Å². The Balaban J connectivity index is -0.0000000183. The molecule has 8 heavy (non-hydrogen) atoms. The van der Waals surface area contributed by atoms with Crippen LogP contribution in [0.3, 0.4) is 0 Å². The summed E-state index contributed by atoms with van der Waals surface area (Å²) < 4.78 is 0. The molecular weight excluding hydrogens is 124 g/mol. The van der Waals surface area contributed by atoms with Gasteiger partial charge in [-0.1, -0.05) is 0 Å². The standard InChI is InChI=1S/C3H9N.C2H4.ClH.H3N/c1-4(2)3;1-2;;/h1-3H3;1-2H2;1H;1H3. The van der Waals surface area contributed by atoms with Crippen LogP contribution in [0.25, 0.3) is 0 Å². The second-order valence-corrected chi connectivity index (χ2v) is 1.50. The van der Waals surface area contributed by atoms with Gasteiger partial charge in [-0.25, -0.2) is 0 Å². The van der Waals surface area contributed by atoms with Crippen molar-refractivity contribution in [1.29, 1.82) is 0 Å². The summed E-state index contributed by atoms with van der Waals surface area (Å²) in [5.74, 6) is 0. The lowest BCUT2D eigenvalue weighted by Gasteiger charge is -1.88. The highest BCUT2D eigenvalue weighted by molar-refractivity contribution is 4.22. The highest BCUT2D eigenvalue weighted by Crippen LogP contribution is 0.866. The Labute approximate surface area is 58.6 Å². The van der Waals surface area contributed by atoms with E-state index in [0.29, 0.717) is 0 Å². The highest BCUT2D eigenvalue weighted by atomic mass is 35.5. The summed E-state index contributed by atoms with van der Waals surface area (Å²) in [4.78, 5) is 1.42. The fourth-order valence-corrected chi connectivity index (χ4v) is 0. The van der Waals surface area contributed by atoms with Crippen molar-refractivity contribution in [3.8, 4) is 0 Å². The predicted octanol–water partition coefficient (Wildman–Crippen LogP) is -3.27. The van der Waals surface area contributed by atoms with Gasteiger partial charge in [-0.3, -0.25) is 0 Å². The highest BCUT2D eigenvalue weighted by Gasteiger charge is 1.61. The second-order valence-electron chi connectivity index (χ2n) is 1.50. The van der Waals surface area contributed by atoms with Gasteiger partial charge in [0.2, 0.25) is 0 Å². The number of quaternary nitrogens is 1. The maximum Gasteiger partial charge on any atom is 0.0661 e. The van der Waals surface area contributed by atoms with Crippen molar-refractivity contribution in [2.24, 2.45) is 0 Å². The average molecular weight is 141 g/mol. The summed E-state index contributed by atoms with van der Waals surface area (Å²) in [5, 5.41) is 0. The first-order chi connectivity index (χ1) is 2.73. The van der Waals surface area contributed by atoms with E-state index in [-0.39, 0.29) is 18.6 Å². The lowest BCUT2D eigenvalue weighted by atomic mass is 11.0. The van der Waals surface area contributed by atoms with Crippen molar-refractivity contribution in [3.63, 3.8) is 0 Å². The van der Waals surface area contributed by atoms with Gasteiger partial charge in [-0.2, -0.15) is 0 Å². The predicted molar refractivity (Wildman–Crippen MR) is 35.0 cm³/mol. The van der Waals surface area contributed by atoms with E-state index in [1.165, 1.54) is 4.90 Å². The number of hydrogen-bond acceptors (Lipinski definition) is 1. The Morgan fingerprint density at radius 2 is 1.00 bits per heavy atom. The van der Waals surface area contributed by atoms with E-state index in [2.05, 4.69) is 34.3 Å². The molecule has 0 aromatic carbocycles. The molecule has 54 valence electrons. The van der Waals surface area contributed by atoms with Gasteiger partial charge in [0.05, 0.1) is 21.1 Å². The maximum atomic E-state index is 3.00. The Morgan fingerprint density at radius 3 is 1.00 bits per heavy atom. The zero-order chi connectivity index (χ0) is 5.58. The molecule has 0 unspecified atom stereocenters. The van der Waals surface area contributed by atoms with Crippen LogP contribution in [-0.4, -0.2) is 21.1 Å². The zero-order valence-electron chi connectivity index (χ0n) is 6.00. The first kappa shape index (κ1) is 24.6. The van der Waals surface area contributed by atoms with Gasteiger partial charge in [0.25, 0.3) is 0 Å². The molecule has 0 aliphatic carbocycles. The molecule has 0 amide bonds. The summed E-state index contributed by atoms with van der Waals surface area (Å²) in [7, 11) is 6.25. The average Bonchev–Trinajstić information content (AvgIpc) is 1.41. The Bertz CT molecular complexity index is 21.6. The van der Waals surface area contributed by atoms with Crippen LogP contribution in [0.5, 0.6) is 0 Å². The molecule has 0 spiro atoms. The van der Waals surface area contributed by atoms with Crippen molar-refractivity contribution in [3.05, 3.63) is 13.2 Å². The third-order valence-corrected chi connectivity index (χ3v) is 0. The summed E-state index contributed by atoms with van der Waals surface area (Å²) in [6, 6.07) is 0. The monoisotopic (exact) mass is 140 g/mol. The zero-order valence-corrected chi connectivity index (χ0v) is 6.76. The minimum Gasteiger partial charge on any atom is -1.00 e. The fraction of sp³-hybridized carbons (Fsp3) is 0.600. The Kier molecular flexibility index (Phi) is 87.0. The van der Waals surface area contributed by atoms with Gasteiger partial charge >= 0.3 is 0 Å². The van der Waals surface area contributed by atoms with Gasteiger partial charge in [-0.05, 0) is 0 Å². The minimum absolute atomic E-state index is 0. The van der Waals surface area contributed by atoms with Gasteiger partial charge < -0.3 is 23.5 Å². The Morgan fingerprint density at radius 1 is 1.00 bits per heavy atom. The number of halogens is 1. The summed E-state index contributed by atoms with van der Waals surface area (Å²) in [6.45, 7) is 6.00. The molecule has 0 aromatic heterocycles. The van der Waals surface area contributed by atoms with Gasteiger partial charge in [0, 0.05) is 0 Å². The molecule has 0 fully saturated rings. The molecule has 0 bridgehead atoms. The van der Waals surface area contributed by atoms with Crippen molar-refractivity contribution in [2.45, 2.75) is 0 Å². The quantitative estimate of drug-likeness (QED) is 0.341. The summed E-state index contributed by atoms with van der Waals surface area (Å²) in [6.07, 6.45) is 0. The van der Waals surface area contributed by atoms with Gasteiger partial charge in [0.1, 0.15) is 0 Å². The lowest BCUT2D eigenvalue weighted by molar-refractivity contribution is -0.836. The second kappa shape index (κ2) is 28.3. The van der Waals surface area contributed by atoms with Crippen LogP contribution in [-0.2, 0) is 0 Å². The molecule has 0 atom stereocenters. The molecule has 3 heteroatoms. The van der Waals surface area contributed by atoms with Crippen LogP contribution in [0, 0.1) is 0 Å². The van der Waals surface area contributed by atoms with Crippen LogP contribution in [0.1, 0.15) is 0 Å². The summed E-state index contributed by atoms with van der Waals surface area (Å²) in [5.41, 5.74) is 0. The van der Waals surface area contributed by atoms with E-state index in [1.807, 2.05) is 0 Å². The van der Waals surface area contributed by atoms with Crippen LogP contribution in [0.4, 0.5) is 0 Å². The molecule has 4 N–H and O–H groups in total. The fourth-order valence-electron chi connectivity index (χ4n) is 0. The van der Waals surface area contributed by atoms with Crippen molar-refractivity contribution in [2.75, 3.05) is 21.1 Å². The number of hydrogen-bond donors (Lipinski definition) is 2. The van der Waals surface area contributed by atoms with Crippen LogP contribution in [0.2, 0.25) is 0 Å². The third kappa shape index (κ3) is 58300.